The van der Waals surface area contributed by atoms with Crippen LogP contribution in [0.25, 0.3) is 5.69 Å². The lowest BCUT2D eigenvalue weighted by atomic mass is 9.95. The number of rotatable bonds is 5. The topological polar surface area (TPSA) is 60.2 Å². The van der Waals surface area contributed by atoms with E-state index in [1.807, 2.05) is 0 Å². The van der Waals surface area contributed by atoms with Gasteiger partial charge in [-0.05, 0) is 49.9 Å². The summed E-state index contributed by atoms with van der Waals surface area (Å²) in [5.41, 5.74) is 0.581. The maximum atomic E-state index is 13.5. The summed E-state index contributed by atoms with van der Waals surface area (Å²) in [7, 11) is 1.44. The first-order valence-electron chi connectivity index (χ1n) is 10.1. The van der Waals surface area contributed by atoms with Crippen molar-refractivity contribution >= 4 is 11.6 Å². The van der Waals surface area contributed by atoms with Gasteiger partial charge in [0.1, 0.15) is 0 Å². The van der Waals surface area contributed by atoms with Crippen molar-refractivity contribution in [2.24, 2.45) is 0 Å². The molecule has 2 heterocycles. The van der Waals surface area contributed by atoms with Crippen LogP contribution in [0.2, 0.25) is 0 Å². The lowest BCUT2D eigenvalue weighted by Crippen LogP contribution is -2.26. The second-order valence-corrected chi connectivity index (χ2v) is 7.54. The van der Waals surface area contributed by atoms with E-state index in [-0.39, 0.29) is 22.7 Å². The second-order valence-electron chi connectivity index (χ2n) is 7.54. The van der Waals surface area contributed by atoms with E-state index in [0.29, 0.717) is 30.6 Å². The molecule has 0 fully saturated rings. The molecule has 0 bridgehead atoms. The van der Waals surface area contributed by atoms with E-state index < -0.39 is 24.4 Å². The number of aromatic nitrogens is 3. The molecule has 1 aliphatic rings. The van der Waals surface area contributed by atoms with E-state index in [4.69, 9.17) is 0 Å². The molecular formula is C22H19F5N4O2. The molecule has 33 heavy (non-hydrogen) atoms. The van der Waals surface area contributed by atoms with Gasteiger partial charge in [-0.3, -0.25) is 4.79 Å². The van der Waals surface area contributed by atoms with Crippen molar-refractivity contribution in [2.75, 3.05) is 11.9 Å². The molecule has 1 aliphatic carbocycles. The number of anilines is 1. The first kappa shape index (κ1) is 22.7. The standard InChI is InChI=1S/C22H19F5N4O2/c1-30(14-9-10-28-18(12-14)33-21(23)24)20(32)13-5-4-6-15(11-13)31-17-8-3-2-7-16(17)19(29-31)22(25,26)27/h4-6,9-12,21H,2-3,7-8H2,1H3. The number of benzene rings is 1. The third-order valence-corrected chi connectivity index (χ3v) is 5.41. The zero-order valence-corrected chi connectivity index (χ0v) is 17.4. The summed E-state index contributed by atoms with van der Waals surface area (Å²) in [6, 6.07) is 8.74. The highest BCUT2D eigenvalue weighted by Crippen LogP contribution is 2.37. The maximum Gasteiger partial charge on any atom is 0.435 e. The summed E-state index contributed by atoms with van der Waals surface area (Å²) in [5.74, 6) is -0.845. The van der Waals surface area contributed by atoms with Gasteiger partial charge in [0.2, 0.25) is 5.88 Å². The SMILES string of the molecule is CN(C(=O)c1cccc(-n2nc(C(F)(F)F)c3c2CCCC3)c1)c1ccnc(OC(F)F)c1. The Kier molecular flexibility index (Phi) is 6.05. The van der Waals surface area contributed by atoms with Crippen LogP contribution in [0.3, 0.4) is 0 Å². The quantitative estimate of drug-likeness (QED) is 0.495. The van der Waals surface area contributed by atoms with E-state index in [0.717, 1.165) is 6.42 Å². The minimum absolute atomic E-state index is 0.191. The van der Waals surface area contributed by atoms with Gasteiger partial charge in [0, 0.05) is 36.1 Å². The lowest BCUT2D eigenvalue weighted by Gasteiger charge is -2.19. The van der Waals surface area contributed by atoms with Crippen LogP contribution in [0.1, 0.15) is 40.2 Å². The van der Waals surface area contributed by atoms with Crippen molar-refractivity contribution in [3.63, 3.8) is 0 Å². The van der Waals surface area contributed by atoms with Gasteiger partial charge in [0.15, 0.2) is 5.69 Å². The Morgan fingerprint density at radius 2 is 1.91 bits per heavy atom. The Morgan fingerprint density at radius 3 is 2.64 bits per heavy atom. The van der Waals surface area contributed by atoms with Crippen LogP contribution < -0.4 is 9.64 Å². The van der Waals surface area contributed by atoms with Crippen molar-refractivity contribution in [2.45, 2.75) is 38.5 Å². The Labute approximate surface area is 185 Å². The molecule has 11 heteroatoms. The smallest absolute Gasteiger partial charge is 0.417 e. The molecule has 0 radical (unpaired) electrons. The van der Waals surface area contributed by atoms with Crippen LogP contribution in [0.4, 0.5) is 27.6 Å². The largest absolute Gasteiger partial charge is 0.435 e. The normalized spacial score (nSPS) is 13.7. The van der Waals surface area contributed by atoms with Gasteiger partial charge >= 0.3 is 12.8 Å². The number of nitrogens with zero attached hydrogens (tertiary/aromatic N) is 4. The third kappa shape index (κ3) is 4.67. The molecule has 4 rings (SSSR count). The average molecular weight is 466 g/mol. The number of alkyl halides is 5. The minimum atomic E-state index is -4.57. The predicted molar refractivity (Wildman–Crippen MR) is 109 cm³/mol. The Balaban J connectivity index is 1.67. The van der Waals surface area contributed by atoms with Crippen LogP contribution in [0.5, 0.6) is 5.88 Å². The van der Waals surface area contributed by atoms with E-state index in [9.17, 15) is 26.7 Å². The third-order valence-electron chi connectivity index (χ3n) is 5.41. The number of fused-ring (bicyclic) bond motifs is 1. The molecule has 0 aliphatic heterocycles. The zero-order valence-electron chi connectivity index (χ0n) is 17.4. The van der Waals surface area contributed by atoms with Crippen LogP contribution >= 0.6 is 0 Å². The molecule has 174 valence electrons. The van der Waals surface area contributed by atoms with Crippen molar-refractivity contribution in [1.29, 1.82) is 0 Å². The fraction of sp³-hybridized carbons (Fsp3) is 0.318. The summed E-state index contributed by atoms with van der Waals surface area (Å²) in [5, 5.41) is 3.85. The number of carbonyl (C=O) groups is 1. The van der Waals surface area contributed by atoms with E-state index in [1.54, 1.807) is 12.1 Å². The van der Waals surface area contributed by atoms with Gasteiger partial charge in [0.05, 0.1) is 11.4 Å². The van der Waals surface area contributed by atoms with Gasteiger partial charge in [-0.15, -0.1) is 0 Å². The zero-order chi connectivity index (χ0) is 23.8. The van der Waals surface area contributed by atoms with Gasteiger partial charge in [0.25, 0.3) is 5.91 Å². The number of carbonyl (C=O) groups excluding carboxylic acids is 1. The molecule has 0 saturated heterocycles. The van der Waals surface area contributed by atoms with Gasteiger partial charge in [-0.25, -0.2) is 9.67 Å². The van der Waals surface area contributed by atoms with Crippen molar-refractivity contribution < 1.29 is 31.5 Å². The van der Waals surface area contributed by atoms with Crippen molar-refractivity contribution in [3.05, 3.63) is 65.1 Å². The average Bonchev–Trinajstić information content (AvgIpc) is 3.18. The Morgan fingerprint density at radius 1 is 1.15 bits per heavy atom. The Bertz CT molecular complexity index is 1180. The highest BCUT2D eigenvalue weighted by molar-refractivity contribution is 6.06. The van der Waals surface area contributed by atoms with Crippen molar-refractivity contribution in [1.82, 2.24) is 14.8 Å². The number of hydrogen-bond donors (Lipinski definition) is 0. The monoisotopic (exact) mass is 466 g/mol. The summed E-state index contributed by atoms with van der Waals surface area (Å²) < 4.78 is 71.0. The van der Waals surface area contributed by atoms with Crippen LogP contribution in [-0.2, 0) is 19.0 Å². The number of pyridine rings is 1. The highest BCUT2D eigenvalue weighted by Gasteiger charge is 2.39. The van der Waals surface area contributed by atoms with Crippen molar-refractivity contribution in [3.8, 4) is 11.6 Å². The highest BCUT2D eigenvalue weighted by atomic mass is 19.4. The Hall–Kier alpha value is -3.50. The number of halogens is 5. The van der Waals surface area contributed by atoms with E-state index >= 15 is 0 Å². The lowest BCUT2D eigenvalue weighted by molar-refractivity contribution is -0.142. The first-order valence-corrected chi connectivity index (χ1v) is 10.1. The molecule has 1 amide bonds. The molecule has 3 aromatic rings. The molecule has 0 saturated carbocycles. The van der Waals surface area contributed by atoms with Crippen LogP contribution in [0, 0.1) is 0 Å². The number of amides is 1. The molecule has 0 unspecified atom stereocenters. The fourth-order valence-electron chi connectivity index (χ4n) is 3.89. The van der Waals surface area contributed by atoms with Gasteiger partial charge < -0.3 is 9.64 Å². The fourth-order valence-corrected chi connectivity index (χ4v) is 3.89. The predicted octanol–water partition coefficient (Wildman–Crippen LogP) is 5.04. The molecule has 0 N–H and O–H groups in total. The van der Waals surface area contributed by atoms with Crippen LogP contribution in [-0.4, -0.2) is 34.3 Å². The second kappa shape index (κ2) is 8.80. The van der Waals surface area contributed by atoms with E-state index in [2.05, 4.69) is 14.8 Å². The number of hydrogen-bond acceptors (Lipinski definition) is 4. The molecule has 2 aromatic heterocycles. The van der Waals surface area contributed by atoms with E-state index in [1.165, 1.54) is 47.1 Å². The minimum Gasteiger partial charge on any atom is -0.417 e. The molecule has 0 spiro atoms. The summed E-state index contributed by atoms with van der Waals surface area (Å²) >= 11 is 0. The van der Waals surface area contributed by atoms with Gasteiger partial charge in [-0.1, -0.05) is 6.07 Å². The summed E-state index contributed by atoms with van der Waals surface area (Å²) in [6.07, 6.45) is -1.17. The molecule has 0 atom stereocenters. The summed E-state index contributed by atoms with van der Waals surface area (Å²) in [4.78, 5) is 17.9. The molecule has 6 nitrogen and oxygen atoms in total. The number of ether oxygens (including phenoxy) is 1. The first-order chi connectivity index (χ1) is 15.6. The van der Waals surface area contributed by atoms with Gasteiger partial charge in [-0.2, -0.15) is 27.1 Å². The molecule has 1 aromatic carbocycles. The summed E-state index contributed by atoms with van der Waals surface area (Å²) in [6.45, 7) is -3.06. The maximum absolute atomic E-state index is 13.5. The molecular weight excluding hydrogens is 447 g/mol. The van der Waals surface area contributed by atoms with Crippen LogP contribution in [0.15, 0.2) is 42.6 Å².